The first-order chi connectivity index (χ1) is 7.65. The molecule has 4 heteroatoms. The molecular formula is C12H11NO3. The molecule has 4 nitrogen and oxygen atoms in total. The molecule has 0 fully saturated rings. The number of aromatic carboxylic acids is 1. The van der Waals surface area contributed by atoms with Gasteiger partial charge in [0.1, 0.15) is 0 Å². The molecule has 1 aromatic heterocycles. The number of hydrogen-bond acceptors (Lipinski definition) is 3. The van der Waals surface area contributed by atoms with Crippen molar-refractivity contribution in [1.29, 1.82) is 0 Å². The SMILES string of the molecule is Cc1ccc(Cc2cc(C(=O)O)on2)cc1. The zero-order valence-corrected chi connectivity index (χ0v) is 8.80. The topological polar surface area (TPSA) is 63.3 Å². The van der Waals surface area contributed by atoms with Gasteiger partial charge in [0.25, 0.3) is 0 Å². The van der Waals surface area contributed by atoms with E-state index >= 15 is 0 Å². The quantitative estimate of drug-likeness (QED) is 0.856. The molecular weight excluding hydrogens is 206 g/mol. The van der Waals surface area contributed by atoms with Gasteiger partial charge in [-0.25, -0.2) is 4.79 Å². The molecule has 0 radical (unpaired) electrons. The first-order valence-corrected chi connectivity index (χ1v) is 4.89. The molecule has 0 saturated carbocycles. The van der Waals surface area contributed by atoms with Gasteiger partial charge in [0, 0.05) is 12.5 Å². The van der Waals surface area contributed by atoms with Gasteiger partial charge in [0.15, 0.2) is 0 Å². The number of aryl methyl sites for hydroxylation is 1. The van der Waals surface area contributed by atoms with Crippen molar-refractivity contribution >= 4 is 5.97 Å². The Balaban J connectivity index is 2.14. The lowest BCUT2D eigenvalue weighted by molar-refractivity contribution is 0.0652. The van der Waals surface area contributed by atoms with Crippen LogP contribution in [-0.4, -0.2) is 16.2 Å². The fourth-order valence-electron chi connectivity index (χ4n) is 1.41. The van der Waals surface area contributed by atoms with Crippen LogP contribution < -0.4 is 0 Å². The second-order valence-electron chi connectivity index (χ2n) is 3.65. The van der Waals surface area contributed by atoms with E-state index in [0.29, 0.717) is 12.1 Å². The smallest absolute Gasteiger partial charge is 0.374 e. The van der Waals surface area contributed by atoms with E-state index in [1.54, 1.807) is 0 Å². The third kappa shape index (κ3) is 2.28. The highest BCUT2D eigenvalue weighted by Gasteiger charge is 2.10. The van der Waals surface area contributed by atoms with Crippen LogP contribution in [0.15, 0.2) is 34.9 Å². The first kappa shape index (κ1) is 10.4. The number of benzene rings is 1. The minimum Gasteiger partial charge on any atom is -0.475 e. The minimum absolute atomic E-state index is 0.123. The van der Waals surface area contributed by atoms with Gasteiger partial charge in [-0.05, 0) is 12.5 Å². The molecule has 0 saturated heterocycles. The zero-order chi connectivity index (χ0) is 11.5. The van der Waals surface area contributed by atoms with E-state index in [4.69, 9.17) is 5.11 Å². The van der Waals surface area contributed by atoms with E-state index < -0.39 is 5.97 Å². The van der Waals surface area contributed by atoms with Crippen LogP contribution >= 0.6 is 0 Å². The van der Waals surface area contributed by atoms with Crippen molar-refractivity contribution in [3.63, 3.8) is 0 Å². The van der Waals surface area contributed by atoms with Gasteiger partial charge in [-0.1, -0.05) is 35.0 Å². The van der Waals surface area contributed by atoms with Gasteiger partial charge in [0.05, 0.1) is 5.69 Å². The van der Waals surface area contributed by atoms with E-state index in [1.807, 2.05) is 31.2 Å². The lowest BCUT2D eigenvalue weighted by Gasteiger charge is -1.97. The summed E-state index contributed by atoms with van der Waals surface area (Å²) in [6.45, 7) is 2.02. The van der Waals surface area contributed by atoms with Crippen molar-refractivity contribution in [2.24, 2.45) is 0 Å². The molecule has 0 unspecified atom stereocenters. The van der Waals surface area contributed by atoms with Gasteiger partial charge in [-0.2, -0.15) is 0 Å². The number of carbonyl (C=O) groups is 1. The van der Waals surface area contributed by atoms with Crippen molar-refractivity contribution in [3.05, 3.63) is 52.9 Å². The van der Waals surface area contributed by atoms with E-state index in [-0.39, 0.29) is 5.76 Å². The number of hydrogen-bond donors (Lipinski definition) is 1. The normalized spacial score (nSPS) is 10.3. The third-order valence-corrected chi connectivity index (χ3v) is 2.28. The summed E-state index contributed by atoms with van der Waals surface area (Å²) in [6.07, 6.45) is 0.580. The maximum absolute atomic E-state index is 10.6. The molecule has 2 rings (SSSR count). The summed E-state index contributed by atoms with van der Waals surface area (Å²) >= 11 is 0. The van der Waals surface area contributed by atoms with E-state index in [0.717, 1.165) is 5.56 Å². The van der Waals surface area contributed by atoms with Crippen molar-refractivity contribution < 1.29 is 14.4 Å². The van der Waals surface area contributed by atoms with Gasteiger partial charge in [-0.3, -0.25) is 0 Å². The maximum Gasteiger partial charge on any atom is 0.374 e. The average Bonchev–Trinajstić information content (AvgIpc) is 2.70. The summed E-state index contributed by atoms with van der Waals surface area (Å²) in [7, 11) is 0. The number of aromatic nitrogens is 1. The van der Waals surface area contributed by atoms with Crippen molar-refractivity contribution in [2.75, 3.05) is 0 Å². The highest BCUT2D eigenvalue weighted by molar-refractivity contribution is 5.84. The Bertz CT molecular complexity index is 499. The summed E-state index contributed by atoms with van der Waals surface area (Å²) in [5.41, 5.74) is 2.90. The standard InChI is InChI=1S/C12H11NO3/c1-8-2-4-9(5-3-8)6-10-7-11(12(14)15)16-13-10/h2-5,7H,6H2,1H3,(H,14,15). The summed E-state index contributed by atoms with van der Waals surface area (Å²) < 4.78 is 4.67. The number of carboxylic acids is 1. The molecule has 0 bridgehead atoms. The van der Waals surface area contributed by atoms with Gasteiger partial charge >= 0.3 is 5.97 Å². The Morgan fingerprint density at radius 2 is 2.06 bits per heavy atom. The van der Waals surface area contributed by atoms with Crippen LogP contribution in [0.5, 0.6) is 0 Å². The van der Waals surface area contributed by atoms with Crippen LogP contribution in [0.1, 0.15) is 27.4 Å². The Hall–Kier alpha value is -2.10. The maximum atomic E-state index is 10.6. The summed E-state index contributed by atoms with van der Waals surface area (Å²) in [5.74, 6) is -1.22. The molecule has 1 aromatic carbocycles. The van der Waals surface area contributed by atoms with Crippen LogP contribution in [0.4, 0.5) is 0 Å². The molecule has 0 aliphatic carbocycles. The van der Waals surface area contributed by atoms with E-state index in [9.17, 15) is 4.79 Å². The van der Waals surface area contributed by atoms with Crippen LogP contribution in [0, 0.1) is 6.92 Å². The highest BCUT2D eigenvalue weighted by Crippen LogP contribution is 2.11. The molecule has 0 amide bonds. The molecule has 0 atom stereocenters. The third-order valence-electron chi connectivity index (χ3n) is 2.28. The minimum atomic E-state index is -1.09. The fraction of sp³-hybridized carbons (Fsp3) is 0.167. The average molecular weight is 217 g/mol. The second-order valence-corrected chi connectivity index (χ2v) is 3.65. The molecule has 82 valence electrons. The molecule has 2 aromatic rings. The van der Waals surface area contributed by atoms with Crippen LogP contribution in [-0.2, 0) is 6.42 Å². The Morgan fingerprint density at radius 3 is 2.62 bits per heavy atom. The molecule has 16 heavy (non-hydrogen) atoms. The van der Waals surface area contributed by atoms with Gasteiger partial charge < -0.3 is 9.63 Å². The predicted molar refractivity (Wildman–Crippen MR) is 57.4 cm³/mol. The number of rotatable bonds is 3. The zero-order valence-electron chi connectivity index (χ0n) is 8.80. The predicted octanol–water partition coefficient (Wildman–Crippen LogP) is 2.27. The molecule has 1 N–H and O–H groups in total. The number of carboxylic acid groups (broad SMARTS) is 1. The van der Waals surface area contributed by atoms with Gasteiger partial charge in [0.2, 0.25) is 5.76 Å². The van der Waals surface area contributed by atoms with Gasteiger partial charge in [-0.15, -0.1) is 0 Å². The van der Waals surface area contributed by atoms with E-state index in [1.165, 1.54) is 11.6 Å². The van der Waals surface area contributed by atoms with Crippen LogP contribution in [0.3, 0.4) is 0 Å². The lowest BCUT2D eigenvalue weighted by atomic mass is 10.1. The lowest BCUT2D eigenvalue weighted by Crippen LogP contribution is -1.92. The monoisotopic (exact) mass is 217 g/mol. The fourth-order valence-corrected chi connectivity index (χ4v) is 1.41. The second kappa shape index (κ2) is 4.18. The Labute approximate surface area is 92.5 Å². The summed E-state index contributed by atoms with van der Waals surface area (Å²) in [5, 5.41) is 12.4. The van der Waals surface area contributed by atoms with Crippen LogP contribution in [0.25, 0.3) is 0 Å². The largest absolute Gasteiger partial charge is 0.475 e. The highest BCUT2D eigenvalue weighted by atomic mass is 16.5. The van der Waals surface area contributed by atoms with Crippen LogP contribution in [0.2, 0.25) is 0 Å². The van der Waals surface area contributed by atoms with Crippen molar-refractivity contribution in [1.82, 2.24) is 5.16 Å². The van der Waals surface area contributed by atoms with E-state index in [2.05, 4.69) is 9.68 Å². The Morgan fingerprint density at radius 1 is 1.38 bits per heavy atom. The molecule has 0 aliphatic heterocycles. The molecule has 1 heterocycles. The molecule has 0 spiro atoms. The summed E-state index contributed by atoms with van der Waals surface area (Å²) in [6, 6.07) is 9.44. The Kier molecular flexibility index (Phi) is 2.72. The van der Waals surface area contributed by atoms with Crippen molar-refractivity contribution in [2.45, 2.75) is 13.3 Å². The van der Waals surface area contributed by atoms with Crippen molar-refractivity contribution in [3.8, 4) is 0 Å². The summed E-state index contributed by atoms with van der Waals surface area (Å²) in [4.78, 5) is 10.6. The first-order valence-electron chi connectivity index (χ1n) is 4.89. The number of nitrogens with zero attached hydrogens (tertiary/aromatic N) is 1. The molecule has 0 aliphatic rings.